The first-order chi connectivity index (χ1) is 13.6. The van der Waals surface area contributed by atoms with Crippen LogP contribution in [0.25, 0.3) is 22.6 Å². The second-order valence-electron chi connectivity index (χ2n) is 6.62. The molecule has 0 spiro atoms. The summed E-state index contributed by atoms with van der Waals surface area (Å²) in [5.41, 5.74) is 5.70. The number of hydrogen-bond acceptors (Lipinski definition) is 4. The van der Waals surface area contributed by atoms with Gasteiger partial charge in [0.1, 0.15) is 11.3 Å². The number of aromatic nitrogens is 1. The molecular formula is C23H20N2O3. The molecule has 0 atom stereocenters. The van der Waals surface area contributed by atoms with E-state index in [0.29, 0.717) is 17.2 Å². The molecule has 0 aliphatic carbocycles. The number of carbonyl (C=O) groups excluding carboxylic acids is 1. The Labute approximate surface area is 163 Å². The fraction of sp³-hybridized carbons (Fsp3) is 0.130. The number of nitrogens with zero attached hydrogens (tertiary/aromatic N) is 1. The summed E-state index contributed by atoms with van der Waals surface area (Å²) in [5, 5.41) is 2.95. The fourth-order valence-corrected chi connectivity index (χ4v) is 3.17. The molecule has 140 valence electrons. The maximum absolute atomic E-state index is 12.6. The number of para-hydroxylation sites is 2. The molecule has 4 aromatic rings. The van der Waals surface area contributed by atoms with Gasteiger partial charge >= 0.3 is 0 Å². The summed E-state index contributed by atoms with van der Waals surface area (Å²) >= 11 is 0. The van der Waals surface area contributed by atoms with E-state index >= 15 is 0 Å². The first-order valence-corrected chi connectivity index (χ1v) is 8.98. The lowest BCUT2D eigenvalue weighted by Crippen LogP contribution is -2.13. The summed E-state index contributed by atoms with van der Waals surface area (Å²) in [7, 11) is 1.55. The van der Waals surface area contributed by atoms with Gasteiger partial charge in [-0.1, -0.05) is 24.3 Å². The fourth-order valence-electron chi connectivity index (χ4n) is 3.17. The Bertz CT molecular complexity index is 1180. The van der Waals surface area contributed by atoms with Crippen molar-refractivity contribution in [3.8, 4) is 17.2 Å². The highest BCUT2D eigenvalue weighted by Gasteiger charge is 2.14. The summed E-state index contributed by atoms with van der Waals surface area (Å²) in [6.45, 7) is 3.95. The van der Waals surface area contributed by atoms with Crippen LogP contribution in [0.5, 0.6) is 5.75 Å². The third-order valence-corrected chi connectivity index (χ3v) is 4.69. The van der Waals surface area contributed by atoms with Gasteiger partial charge in [-0.2, -0.15) is 0 Å². The first kappa shape index (κ1) is 17.8. The molecule has 1 amide bonds. The third kappa shape index (κ3) is 3.22. The Hall–Kier alpha value is -3.60. The van der Waals surface area contributed by atoms with Crippen molar-refractivity contribution in [3.05, 3.63) is 77.4 Å². The Morgan fingerprint density at radius 1 is 1.00 bits per heavy atom. The van der Waals surface area contributed by atoms with Gasteiger partial charge in [-0.05, 0) is 61.4 Å². The summed E-state index contributed by atoms with van der Waals surface area (Å²) < 4.78 is 11.2. The van der Waals surface area contributed by atoms with Gasteiger partial charge in [0.05, 0.1) is 12.7 Å². The lowest BCUT2D eigenvalue weighted by atomic mass is 10.1. The van der Waals surface area contributed by atoms with Gasteiger partial charge < -0.3 is 14.5 Å². The molecule has 0 bridgehead atoms. The molecule has 4 rings (SSSR count). The lowest BCUT2D eigenvalue weighted by molar-refractivity contribution is 0.102. The van der Waals surface area contributed by atoms with Crippen molar-refractivity contribution in [2.24, 2.45) is 0 Å². The molecule has 0 radical (unpaired) electrons. The number of ether oxygens (including phenoxy) is 1. The predicted molar refractivity (Wildman–Crippen MR) is 110 cm³/mol. The normalized spacial score (nSPS) is 10.8. The van der Waals surface area contributed by atoms with Crippen LogP contribution >= 0.6 is 0 Å². The first-order valence-electron chi connectivity index (χ1n) is 8.98. The highest BCUT2D eigenvalue weighted by Crippen LogP contribution is 2.29. The monoisotopic (exact) mass is 372 g/mol. The number of aryl methyl sites for hydroxylation is 2. The number of rotatable bonds is 4. The van der Waals surface area contributed by atoms with E-state index in [1.165, 1.54) is 0 Å². The van der Waals surface area contributed by atoms with Gasteiger partial charge in [-0.25, -0.2) is 4.98 Å². The zero-order valence-corrected chi connectivity index (χ0v) is 15.9. The molecule has 3 aromatic carbocycles. The smallest absolute Gasteiger partial charge is 0.259 e. The Morgan fingerprint density at radius 2 is 1.82 bits per heavy atom. The number of nitrogens with one attached hydrogen (secondary N) is 1. The van der Waals surface area contributed by atoms with Crippen molar-refractivity contribution in [2.75, 3.05) is 12.4 Å². The number of anilines is 1. The van der Waals surface area contributed by atoms with Crippen molar-refractivity contribution >= 4 is 22.7 Å². The molecular weight excluding hydrogens is 352 g/mol. The van der Waals surface area contributed by atoms with Crippen LogP contribution in [0.2, 0.25) is 0 Å². The standard InChI is InChI=1S/C23H20N2O3/c1-14-7-6-10-20-21(14)25-23(28-20)16-11-12-18(15(2)13-16)24-22(26)17-8-4-5-9-19(17)27-3/h4-13H,1-3H3,(H,24,26). The summed E-state index contributed by atoms with van der Waals surface area (Å²) in [6, 6.07) is 18.7. The van der Waals surface area contributed by atoms with Crippen molar-refractivity contribution < 1.29 is 13.9 Å². The van der Waals surface area contributed by atoms with Crippen LogP contribution in [0.15, 0.2) is 65.1 Å². The molecule has 0 saturated carbocycles. The molecule has 1 N–H and O–H groups in total. The number of methoxy groups -OCH3 is 1. The van der Waals surface area contributed by atoms with Gasteiger partial charge in [-0.3, -0.25) is 4.79 Å². The number of hydrogen-bond donors (Lipinski definition) is 1. The van der Waals surface area contributed by atoms with Crippen LogP contribution in [-0.2, 0) is 0 Å². The topological polar surface area (TPSA) is 64.4 Å². The minimum Gasteiger partial charge on any atom is -0.496 e. The molecule has 0 aliphatic heterocycles. The highest BCUT2D eigenvalue weighted by atomic mass is 16.5. The minimum atomic E-state index is -0.217. The average Bonchev–Trinajstić information content (AvgIpc) is 3.15. The molecule has 5 heteroatoms. The zero-order valence-electron chi connectivity index (χ0n) is 15.9. The average molecular weight is 372 g/mol. The molecule has 0 saturated heterocycles. The van der Waals surface area contributed by atoms with E-state index in [0.717, 1.165) is 33.5 Å². The van der Waals surface area contributed by atoms with Crippen LogP contribution in [-0.4, -0.2) is 18.0 Å². The van der Waals surface area contributed by atoms with Crippen LogP contribution < -0.4 is 10.1 Å². The molecule has 28 heavy (non-hydrogen) atoms. The van der Waals surface area contributed by atoms with E-state index in [2.05, 4.69) is 10.3 Å². The van der Waals surface area contributed by atoms with Crippen molar-refractivity contribution in [1.82, 2.24) is 4.98 Å². The van der Waals surface area contributed by atoms with Crippen LogP contribution in [0.4, 0.5) is 5.69 Å². The molecule has 0 aliphatic rings. The van der Waals surface area contributed by atoms with E-state index in [4.69, 9.17) is 9.15 Å². The Morgan fingerprint density at radius 3 is 2.57 bits per heavy atom. The van der Waals surface area contributed by atoms with E-state index < -0.39 is 0 Å². The van der Waals surface area contributed by atoms with E-state index in [1.54, 1.807) is 19.2 Å². The lowest BCUT2D eigenvalue weighted by Gasteiger charge is -2.11. The SMILES string of the molecule is COc1ccccc1C(=O)Nc1ccc(-c2nc3c(C)cccc3o2)cc1C. The van der Waals surface area contributed by atoms with Crippen LogP contribution in [0, 0.1) is 13.8 Å². The molecule has 0 unspecified atom stereocenters. The predicted octanol–water partition coefficient (Wildman–Crippen LogP) is 5.37. The van der Waals surface area contributed by atoms with Crippen molar-refractivity contribution in [2.45, 2.75) is 13.8 Å². The third-order valence-electron chi connectivity index (χ3n) is 4.69. The van der Waals surface area contributed by atoms with Gasteiger partial charge in [-0.15, -0.1) is 0 Å². The largest absolute Gasteiger partial charge is 0.496 e. The van der Waals surface area contributed by atoms with Crippen LogP contribution in [0.3, 0.4) is 0 Å². The van der Waals surface area contributed by atoms with Gasteiger partial charge in [0.2, 0.25) is 5.89 Å². The van der Waals surface area contributed by atoms with Gasteiger partial charge in [0.15, 0.2) is 5.58 Å². The molecule has 5 nitrogen and oxygen atoms in total. The maximum atomic E-state index is 12.6. The molecule has 1 heterocycles. The number of fused-ring (bicyclic) bond motifs is 1. The van der Waals surface area contributed by atoms with Gasteiger partial charge in [0.25, 0.3) is 5.91 Å². The Balaban J connectivity index is 1.62. The quantitative estimate of drug-likeness (QED) is 0.523. The summed E-state index contributed by atoms with van der Waals surface area (Å²) in [5.74, 6) is 0.886. The minimum absolute atomic E-state index is 0.217. The second-order valence-corrected chi connectivity index (χ2v) is 6.62. The van der Waals surface area contributed by atoms with Gasteiger partial charge in [0, 0.05) is 11.3 Å². The zero-order chi connectivity index (χ0) is 19.7. The van der Waals surface area contributed by atoms with E-state index in [-0.39, 0.29) is 5.91 Å². The molecule has 0 fully saturated rings. The van der Waals surface area contributed by atoms with E-state index in [9.17, 15) is 4.79 Å². The van der Waals surface area contributed by atoms with Crippen molar-refractivity contribution in [3.63, 3.8) is 0 Å². The maximum Gasteiger partial charge on any atom is 0.259 e. The molecule has 1 aromatic heterocycles. The van der Waals surface area contributed by atoms with E-state index in [1.807, 2.05) is 62.4 Å². The number of benzene rings is 3. The van der Waals surface area contributed by atoms with Crippen LogP contribution in [0.1, 0.15) is 21.5 Å². The summed E-state index contributed by atoms with van der Waals surface area (Å²) in [4.78, 5) is 17.2. The second kappa shape index (κ2) is 7.19. The number of oxazole rings is 1. The van der Waals surface area contributed by atoms with Crippen molar-refractivity contribution in [1.29, 1.82) is 0 Å². The number of amides is 1. The summed E-state index contributed by atoms with van der Waals surface area (Å²) in [6.07, 6.45) is 0. The highest BCUT2D eigenvalue weighted by molar-refractivity contribution is 6.06. The number of carbonyl (C=O) groups is 1. The Kier molecular flexibility index (Phi) is 4.57.